The van der Waals surface area contributed by atoms with Crippen molar-refractivity contribution in [3.63, 3.8) is 0 Å². The summed E-state index contributed by atoms with van der Waals surface area (Å²) in [5, 5.41) is 4.27. The van der Waals surface area contributed by atoms with Gasteiger partial charge in [0, 0.05) is 27.9 Å². The second-order valence-corrected chi connectivity index (χ2v) is 6.16. The Bertz CT molecular complexity index is 841. The van der Waals surface area contributed by atoms with Gasteiger partial charge in [0.05, 0.1) is 11.4 Å². The van der Waals surface area contributed by atoms with Crippen LogP contribution < -0.4 is 10.4 Å². The summed E-state index contributed by atoms with van der Waals surface area (Å²) in [7, 11) is 0. The Morgan fingerprint density at radius 3 is 2.12 bits per heavy atom. The van der Waals surface area contributed by atoms with Gasteiger partial charge in [0.25, 0.3) is 0 Å². The average Bonchev–Trinajstić information content (AvgIpc) is 2.62. The zero-order chi connectivity index (χ0) is 16.4. The number of carbonyl (C=O) groups excluding carboxylic acids is 1. The molecule has 24 heavy (non-hydrogen) atoms. The van der Waals surface area contributed by atoms with Crippen molar-refractivity contribution in [2.45, 2.75) is 9.79 Å². The van der Waals surface area contributed by atoms with Crippen LogP contribution in [0.2, 0.25) is 0 Å². The Hall–Kier alpha value is -2.99. The highest BCUT2D eigenvalue weighted by molar-refractivity contribution is 7.99. The number of aromatic nitrogens is 1. The molecule has 1 aromatic heterocycles. The lowest BCUT2D eigenvalue weighted by Gasteiger charge is -2.30. The van der Waals surface area contributed by atoms with E-state index in [-0.39, 0.29) is 0 Å². The third-order valence-corrected chi connectivity index (χ3v) is 4.62. The Labute approximate surface area is 143 Å². The van der Waals surface area contributed by atoms with E-state index in [0.29, 0.717) is 5.69 Å². The van der Waals surface area contributed by atoms with Gasteiger partial charge in [-0.3, -0.25) is 10.3 Å². The predicted molar refractivity (Wildman–Crippen MR) is 93.5 cm³/mol. The molecule has 1 aliphatic heterocycles. The predicted octanol–water partition coefficient (Wildman–Crippen LogP) is 4.85. The van der Waals surface area contributed by atoms with Gasteiger partial charge in [-0.2, -0.15) is 5.06 Å². The van der Waals surface area contributed by atoms with Crippen LogP contribution in [0.25, 0.3) is 0 Å². The molecule has 0 spiro atoms. The standard InChI is InChI=1S/C18H13N3O2S/c22-18(20-13-9-11-19-12-10-13)23-21-14-5-1-3-7-16(14)24-17-8-4-2-6-15(17)21/h1-12H,(H,19,20,22). The Kier molecular flexibility index (Phi) is 3.80. The topological polar surface area (TPSA) is 54.5 Å². The number of para-hydroxylation sites is 2. The van der Waals surface area contributed by atoms with Crippen LogP contribution in [0.5, 0.6) is 0 Å². The maximum Gasteiger partial charge on any atom is 0.436 e. The quantitative estimate of drug-likeness (QED) is 0.725. The van der Waals surface area contributed by atoms with Crippen LogP contribution in [0.3, 0.4) is 0 Å². The summed E-state index contributed by atoms with van der Waals surface area (Å²) >= 11 is 1.66. The van der Waals surface area contributed by atoms with Crippen molar-refractivity contribution in [1.29, 1.82) is 0 Å². The van der Waals surface area contributed by atoms with Gasteiger partial charge in [0.15, 0.2) is 0 Å². The molecule has 4 rings (SSSR count). The molecule has 118 valence electrons. The molecule has 2 heterocycles. The first kappa shape index (κ1) is 14.6. The number of benzene rings is 2. The molecule has 1 amide bonds. The summed E-state index contributed by atoms with van der Waals surface area (Å²) < 4.78 is 0. The van der Waals surface area contributed by atoms with E-state index in [4.69, 9.17) is 4.84 Å². The first-order valence-electron chi connectivity index (χ1n) is 7.36. The summed E-state index contributed by atoms with van der Waals surface area (Å²) in [6.45, 7) is 0. The fourth-order valence-electron chi connectivity index (χ4n) is 2.43. The fraction of sp³-hybridized carbons (Fsp3) is 0. The smallest absolute Gasteiger partial charge is 0.316 e. The maximum absolute atomic E-state index is 12.3. The first-order valence-corrected chi connectivity index (χ1v) is 8.18. The highest BCUT2D eigenvalue weighted by Gasteiger charge is 2.26. The van der Waals surface area contributed by atoms with Gasteiger partial charge in [-0.15, -0.1) is 0 Å². The van der Waals surface area contributed by atoms with Crippen molar-refractivity contribution >= 4 is 34.9 Å². The van der Waals surface area contributed by atoms with E-state index in [1.54, 1.807) is 41.4 Å². The molecule has 5 nitrogen and oxygen atoms in total. The molecule has 0 fully saturated rings. The van der Waals surface area contributed by atoms with E-state index >= 15 is 0 Å². The number of nitrogens with one attached hydrogen (secondary N) is 1. The first-order chi connectivity index (χ1) is 11.8. The lowest BCUT2D eigenvalue weighted by atomic mass is 10.2. The van der Waals surface area contributed by atoms with Gasteiger partial charge >= 0.3 is 6.09 Å². The molecular weight excluding hydrogens is 322 g/mol. The third kappa shape index (κ3) is 2.79. The number of fused-ring (bicyclic) bond motifs is 2. The summed E-state index contributed by atoms with van der Waals surface area (Å²) in [4.78, 5) is 23.9. The van der Waals surface area contributed by atoms with Crippen LogP contribution in [0, 0.1) is 0 Å². The number of pyridine rings is 1. The SMILES string of the molecule is O=C(Nc1ccncc1)ON1c2ccccc2Sc2ccccc21. The number of nitrogens with zero attached hydrogens (tertiary/aromatic N) is 2. The van der Waals surface area contributed by atoms with Gasteiger partial charge in [0.2, 0.25) is 0 Å². The third-order valence-electron chi connectivity index (χ3n) is 3.49. The average molecular weight is 335 g/mol. The molecule has 0 atom stereocenters. The van der Waals surface area contributed by atoms with E-state index in [0.717, 1.165) is 21.2 Å². The normalized spacial score (nSPS) is 12.1. The van der Waals surface area contributed by atoms with Crippen LogP contribution in [-0.4, -0.2) is 11.1 Å². The van der Waals surface area contributed by atoms with Crippen LogP contribution in [-0.2, 0) is 4.84 Å². The van der Waals surface area contributed by atoms with Crippen LogP contribution in [0.15, 0.2) is 82.8 Å². The molecule has 0 aliphatic carbocycles. The van der Waals surface area contributed by atoms with E-state index in [1.807, 2.05) is 48.5 Å². The molecule has 3 aromatic rings. The number of rotatable bonds is 2. The molecule has 6 heteroatoms. The zero-order valence-electron chi connectivity index (χ0n) is 12.5. The van der Waals surface area contributed by atoms with Crippen molar-refractivity contribution in [3.05, 3.63) is 73.1 Å². The van der Waals surface area contributed by atoms with Crippen molar-refractivity contribution in [2.75, 3.05) is 10.4 Å². The largest absolute Gasteiger partial charge is 0.436 e. The van der Waals surface area contributed by atoms with Crippen LogP contribution in [0.4, 0.5) is 21.9 Å². The summed E-state index contributed by atoms with van der Waals surface area (Å²) in [5.41, 5.74) is 2.31. The van der Waals surface area contributed by atoms with E-state index in [2.05, 4.69) is 10.3 Å². The lowest BCUT2D eigenvalue weighted by Crippen LogP contribution is -2.27. The zero-order valence-corrected chi connectivity index (χ0v) is 13.4. The molecular formula is C18H13N3O2S. The number of hydrogen-bond donors (Lipinski definition) is 1. The minimum atomic E-state index is -0.558. The number of amides is 1. The summed E-state index contributed by atoms with van der Waals surface area (Å²) in [6.07, 6.45) is 2.66. The summed E-state index contributed by atoms with van der Waals surface area (Å²) in [6, 6.07) is 19.1. The molecule has 0 saturated carbocycles. The van der Waals surface area contributed by atoms with Gasteiger partial charge in [-0.25, -0.2) is 4.79 Å². The minimum absolute atomic E-state index is 0.558. The highest BCUT2D eigenvalue weighted by Crippen LogP contribution is 2.47. The summed E-state index contributed by atoms with van der Waals surface area (Å²) in [5.74, 6) is 0. The second kappa shape index (κ2) is 6.25. The molecule has 1 aliphatic rings. The van der Waals surface area contributed by atoms with E-state index in [1.165, 1.54) is 0 Å². The molecule has 2 aromatic carbocycles. The Morgan fingerprint density at radius 1 is 0.917 bits per heavy atom. The van der Waals surface area contributed by atoms with Gasteiger partial charge < -0.3 is 4.84 Å². The number of anilines is 3. The highest BCUT2D eigenvalue weighted by atomic mass is 32.2. The van der Waals surface area contributed by atoms with Crippen molar-refractivity contribution in [2.24, 2.45) is 0 Å². The van der Waals surface area contributed by atoms with Crippen LogP contribution in [0.1, 0.15) is 0 Å². The van der Waals surface area contributed by atoms with Crippen molar-refractivity contribution < 1.29 is 9.63 Å². The Morgan fingerprint density at radius 2 is 1.50 bits per heavy atom. The molecule has 0 radical (unpaired) electrons. The number of hydrogen-bond acceptors (Lipinski definition) is 5. The van der Waals surface area contributed by atoms with Gasteiger partial charge in [-0.05, 0) is 36.4 Å². The minimum Gasteiger partial charge on any atom is -0.316 e. The lowest BCUT2D eigenvalue weighted by molar-refractivity contribution is 0.161. The van der Waals surface area contributed by atoms with E-state index in [9.17, 15) is 4.79 Å². The fourth-order valence-corrected chi connectivity index (χ4v) is 3.47. The van der Waals surface area contributed by atoms with Crippen LogP contribution >= 0.6 is 11.8 Å². The maximum atomic E-state index is 12.3. The Balaban J connectivity index is 1.64. The molecule has 1 N–H and O–H groups in total. The molecule has 0 bridgehead atoms. The second-order valence-electron chi connectivity index (χ2n) is 5.07. The van der Waals surface area contributed by atoms with Gasteiger partial charge in [0.1, 0.15) is 0 Å². The molecule has 0 unspecified atom stereocenters. The monoisotopic (exact) mass is 335 g/mol. The van der Waals surface area contributed by atoms with Crippen molar-refractivity contribution in [1.82, 2.24) is 4.98 Å². The van der Waals surface area contributed by atoms with E-state index < -0.39 is 6.09 Å². The van der Waals surface area contributed by atoms with Gasteiger partial charge in [-0.1, -0.05) is 36.0 Å². The van der Waals surface area contributed by atoms with Crippen molar-refractivity contribution in [3.8, 4) is 0 Å². The number of carbonyl (C=O) groups is 1. The molecule has 0 saturated heterocycles.